The third-order valence-electron chi connectivity index (χ3n) is 6.10. The van der Waals surface area contributed by atoms with E-state index in [9.17, 15) is 4.79 Å². The van der Waals surface area contributed by atoms with Gasteiger partial charge < -0.3 is 4.74 Å². The van der Waals surface area contributed by atoms with Gasteiger partial charge in [-0.15, -0.1) is 0 Å². The number of unbranched alkanes of at least 4 members (excludes halogenated alkanes) is 12. The number of carbonyl (C=O) groups is 1. The normalized spacial score (nSPS) is 13.5. The van der Waals surface area contributed by atoms with Crippen LogP contribution in [0.2, 0.25) is 0 Å². The second-order valence-corrected chi connectivity index (χ2v) is 8.55. The van der Waals surface area contributed by atoms with Gasteiger partial charge in [-0.25, -0.2) is 0 Å². The minimum Gasteiger partial charge on any atom is -0.469 e. The number of carbonyl (C=O) groups excluding carboxylic acids is 1. The van der Waals surface area contributed by atoms with Crippen LogP contribution >= 0.6 is 0 Å². The van der Waals surface area contributed by atoms with Crippen molar-refractivity contribution in [3.8, 4) is 0 Å². The lowest BCUT2D eigenvalue weighted by atomic mass is 9.86. The molecule has 0 rings (SSSR count). The highest BCUT2D eigenvalue weighted by Gasteiger charge is 2.22. The summed E-state index contributed by atoms with van der Waals surface area (Å²) in [6.07, 6.45) is 23.4. The first kappa shape index (κ1) is 26.5. The van der Waals surface area contributed by atoms with Crippen molar-refractivity contribution in [3.05, 3.63) is 0 Å². The van der Waals surface area contributed by atoms with Gasteiger partial charge in [-0.05, 0) is 18.8 Å². The van der Waals surface area contributed by atoms with Gasteiger partial charge in [0.05, 0.1) is 13.0 Å². The summed E-state index contributed by atoms with van der Waals surface area (Å²) in [5.74, 6) is 0.833. The van der Waals surface area contributed by atoms with Gasteiger partial charge in [-0.2, -0.15) is 0 Å². The molecule has 162 valence electrons. The maximum absolute atomic E-state index is 12.1. The maximum Gasteiger partial charge on any atom is 0.308 e. The number of methoxy groups -OCH3 is 1. The average Bonchev–Trinajstić information content (AvgIpc) is 2.69. The Labute approximate surface area is 171 Å². The second-order valence-electron chi connectivity index (χ2n) is 8.55. The van der Waals surface area contributed by atoms with E-state index in [0.29, 0.717) is 5.92 Å². The van der Waals surface area contributed by atoms with Gasteiger partial charge in [-0.3, -0.25) is 4.79 Å². The lowest BCUT2D eigenvalue weighted by Gasteiger charge is -2.21. The molecule has 0 aromatic rings. The molecule has 2 atom stereocenters. The molecule has 2 heteroatoms. The summed E-state index contributed by atoms with van der Waals surface area (Å²) in [5, 5.41) is 0. The third kappa shape index (κ3) is 16.2. The van der Waals surface area contributed by atoms with E-state index >= 15 is 0 Å². The maximum atomic E-state index is 12.1. The minimum absolute atomic E-state index is 0.0213. The smallest absolute Gasteiger partial charge is 0.308 e. The Morgan fingerprint density at radius 1 is 0.667 bits per heavy atom. The van der Waals surface area contributed by atoms with E-state index in [2.05, 4.69) is 20.8 Å². The first-order valence-electron chi connectivity index (χ1n) is 12.3. The van der Waals surface area contributed by atoms with Gasteiger partial charge >= 0.3 is 5.97 Å². The summed E-state index contributed by atoms with van der Waals surface area (Å²) in [6.45, 7) is 6.79. The molecule has 0 saturated heterocycles. The van der Waals surface area contributed by atoms with Crippen LogP contribution in [0.5, 0.6) is 0 Å². The van der Waals surface area contributed by atoms with Gasteiger partial charge in [0.15, 0.2) is 0 Å². The molecule has 0 fully saturated rings. The number of rotatable bonds is 20. The number of hydrogen-bond donors (Lipinski definition) is 0. The van der Waals surface area contributed by atoms with Crippen LogP contribution in [-0.4, -0.2) is 13.1 Å². The van der Waals surface area contributed by atoms with Crippen LogP contribution in [0.3, 0.4) is 0 Å². The topological polar surface area (TPSA) is 26.3 Å². The first-order valence-corrected chi connectivity index (χ1v) is 12.3. The molecule has 0 aliphatic heterocycles. The van der Waals surface area contributed by atoms with Crippen LogP contribution in [0.15, 0.2) is 0 Å². The molecular weight excluding hydrogens is 332 g/mol. The summed E-state index contributed by atoms with van der Waals surface area (Å²) in [6, 6.07) is 0. The van der Waals surface area contributed by atoms with Gasteiger partial charge in [-0.1, -0.05) is 124 Å². The van der Waals surface area contributed by atoms with E-state index < -0.39 is 0 Å². The highest BCUT2D eigenvalue weighted by atomic mass is 16.5. The van der Waals surface area contributed by atoms with E-state index in [1.165, 1.54) is 103 Å². The highest BCUT2D eigenvalue weighted by Crippen LogP contribution is 2.26. The zero-order chi connectivity index (χ0) is 20.2. The lowest BCUT2D eigenvalue weighted by Crippen LogP contribution is -2.20. The molecule has 0 aromatic carbocycles. The Kier molecular flexibility index (Phi) is 19.8. The van der Waals surface area contributed by atoms with Gasteiger partial charge in [0, 0.05) is 0 Å². The summed E-state index contributed by atoms with van der Waals surface area (Å²) < 4.78 is 5.08. The predicted octanol–water partition coefficient (Wildman–Crippen LogP) is 8.47. The van der Waals surface area contributed by atoms with E-state index in [1.807, 2.05) is 0 Å². The fourth-order valence-corrected chi connectivity index (χ4v) is 4.11. The Balaban J connectivity index is 3.77. The zero-order valence-electron chi connectivity index (χ0n) is 19.2. The molecule has 0 radical (unpaired) electrons. The molecule has 0 heterocycles. The number of esters is 1. The summed E-state index contributed by atoms with van der Waals surface area (Å²) in [4.78, 5) is 12.1. The Hall–Kier alpha value is -0.530. The monoisotopic (exact) mass is 382 g/mol. The molecule has 0 bridgehead atoms. The van der Waals surface area contributed by atoms with Crippen molar-refractivity contribution in [3.63, 3.8) is 0 Å². The van der Waals surface area contributed by atoms with Crippen molar-refractivity contribution >= 4 is 5.97 Å². The van der Waals surface area contributed by atoms with Gasteiger partial charge in [0.25, 0.3) is 0 Å². The van der Waals surface area contributed by atoms with Crippen molar-refractivity contribution < 1.29 is 9.53 Å². The van der Waals surface area contributed by atoms with E-state index in [0.717, 1.165) is 12.8 Å². The SMILES string of the molecule is CCCCCCCCCCCCCCC(CC(CC)CCCC)C(=O)OC. The third-order valence-corrected chi connectivity index (χ3v) is 6.10. The molecule has 0 aliphatic carbocycles. The van der Waals surface area contributed by atoms with Crippen molar-refractivity contribution in [2.24, 2.45) is 11.8 Å². The van der Waals surface area contributed by atoms with Crippen molar-refractivity contribution in [1.29, 1.82) is 0 Å². The lowest BCUT2D eigenvalue weighted by molar-refractivity contribution is -0.146. The van der Waals surface area contributed by atoms with Gasteiger partial charge in [0.1, 0.15) is 0 Å². The predicted molar refractivity (Wildman–Crippen MR) is 119 cm³/mol. The Bertz CT molecular complexity index is 313. The molecule has 0 amide bonds. The minimum atomic E-state index is 0.0213. The quantitative estimate of drug-likeness (QED) is 0.156. The van der Waals surface area contributed by atoms with Gasteiger partial charge in [0.2, 0.25) is 0 Å². The second kappa shape index (κ2) is 20.2. The molecule has 0 aliphatic rings. The molecule has 0 aromatic heterocycles. The molecule has 2 unspecified atom stereocenters. The fraction of sp³-hybridized carbons (Fsp3) is 0.960. The summed E-state index contributed by atoms with van der Waals surface area (Å²) in [5.41, 5.74) is 0. The van der Waals surface area contributed by atoms with Crippen LogP contribution in [0.25, 0.3) is 0 Å². The van der Waals surface area contributed by atoms with E-state index in [4.69, 9.17) is 4.74 Å². The van der Waals surface area contributed by atoms with Crippen LogP contribution in [0, 0.1) is 11.8 Å². The van der Waals surface area contributed by atoms with Crippen molar-refractivity contribution in [2.45, 2.75) is 136 Å². The molecule has 27 heavy (non-hydrogen) atoms. The summed E-state index contributed by atoms with van der Waals surface area (Å²) >= 11 is 0. The Morgan fingerprint density at radius 2 is 1.15 bits per heavy atom. The standard InChI is InChI=1S/C25H50O2/c1-5-8-10-11-12-13-14-15-16-17-18-19-21-24(25(26)27-4)22-23(7-3)20-9-6-2/h23-24H,5-22H2,1-4H3. The fourth-order valence-electron chi connectivity index (χ4n) is 4.11. The van der Waals surface area contributed by atoms with Crippen molar-refractivity contribution in [2.75, 3.05) is 7.11 Å². The van der Waals surface area contributed by atoms with E-state index in [1.54, 1.807) is 7.11 Å². The number of ether oxygens (including phenoxy) is 1. The summed E-state index contributed by atoms with van der Waals surface area (Å²) in [7, 11) is 1.55. The molecular formula is C25H50O2. The number of hydrogen-bond acceptors (Lipinski definition) is 2. The Morgan fingerprint density at radius 3 is 1.59 bits per heavy atom. The highest BCUT2D eigenvalue weighted by molar-refractivity contribution is 5.72. The van der Waals surface area contributed by atoms with Crippen LogP contribution in [-0.2, 0) is 9.53 Å². The molecule has 2 nitrogen and oxygen atoms in total. The molecule has 0 saturated carbocycles. The van der Waals surface area contributed by atoms with Crippen LogP contribution in [0.1, 0.15) is 136 Å². The van der Waals surface area contributed by atoms with Crippen molar-refractivity contribution in [1.82, 2.24) is 0 Å². The average molecular weight is 383 g/mol. The first-order chi connectivity index (χ1) is 13.2. The zero-order valence-corrected chi connectivity index (χ0v) is 19.2. The molecule has 0 N–H and O–H groups in total. The van der Waals surface area contributed by atoms with E-state index in [-0.39, 0.29) is 11.9 Å². The van der Waals surface area contributed by atoms with Crippen LogP contribution < -0.4 is 0 Å². The molecule has 0 spiro atoms. The largest absolute Gasteiger partial charge is 0.469 e. The van der Waals surface area contributed by atoms with Crippen LogP contribution in [0.4, 0.5) is 0 Å².